The highest BCUT2D eigenvalue weighted by atomic mass is 16.2. The summed E-state index contributed by atoms with van der Waals surface area (Å²) in [5.74, 6) is 0.222. The van der Waals surface area contributed by atoms with Crippen molar-refractivity contribution in [3.05, 3.63) is 0 Å². The molecule has 3 heteroatoms. The number of nitrogens with one attached hydrogen (secondary N) is 1. The molecule has 9 heavy (non-hydrogen) atoms. The van der Waals surface area contributed by atoms with Gasteiger partial charge in [0.25, 0.3) is 0 Å². The summed E-state index contributed by atoms with van der Waals surface area (Å²) in [6, 6.07) is 0. The first-order chi connectivity index (χ1) is 4.05. The van der Waals surface area contributed by atoms with Crippen LogP contribution < -0.4 is 11.1 Å². The molecular formula is C6H12N2O. The van der Waals surface area contributed by atoms with E-state index >= 15 is 0 Å². The third-order valence-corrected chi connectivity index (χ3v) is 2.08. The predicted octanol–water partition coefficient (Wildman–Crippen LogP) is -0.530. The minimum atomic E-state index is -0.639. The molecule has 1 amide bonds. The Labute approximate surface area is 54.6 Å². The fourth-order valence-corrected chi connectivity index (χ4v) is 0.872. The van der Waals surface area contributed by atoms with Crippen molar-refractivity contribution in [2.24, 2.45) is 11.7 Å². The maximum absolute atomic E-state index is 10.9. The van der Waals surface area contributed by atoms with E-state index in [1.807, 2.05) is 6.92 Å². The highest BCUT2D eigenvalue weighted by molar-refractivity contribution is 5.88. The molecule has 1 saturated heterocycles. The van der Waals surface area contributed by atoms with E-state index in [4.69, 9.17) is 5.73 Å². The Balaban J connectivity index is 2.78. The Morgan fingerprint density at radius 1 is 1.89 bits per heavy atom. The number of rotatable bonds is 0. The summed E-state index contributed by atoms with van der Waals surface area (Å²) in [5, 5.41) is 2.70. The molecule has 2 atom stereocenters. The molecule has 1 heterocycles. The summed E-state index contributed by atoms with van der Waals surface area (Å²) in [6.07, 6.45) is 0. The summed E-state index contributed by atoms with van der Waals surface area (Å²) in [4.78, 5) is 10.9. The second-order valence-electron chi connectivity index (χ2n) is 2.89. The van der Waals surface area contributed by atoms with Crippen molar-refractivity contribution in [2.75, 3.05) is 6.54 Å². The summed E-state index contributed by atoms with van der Waals surface area (Å²) in [7, 11) is 0. The Kier molecular flexibility index (Phi) is 1.24. The lowest BCUT2D eigenvalue weighted by Crippen LogP contribution is -2.47. The van der Waals surface area contributed by atoms with Gasteiger partial charge in [0.2, 0.25) is 5.91 Å². The lowest BCUT2D eigenvalue weighted by atomic mass is 9.92. The topological polar surface area (TPSA) is 55.1 Å². The van der Waals surface area contributed by atoms with E-state index in [2.05, 4.69) is 5.32 Å². The van der Waals surface area contributed by atoms with Crippen LogP contribution in [0.4, 0.5) is 0 Å². The van der Waals surface area contributed by atoms with Crippen LogP contribution in [0.2, 0.25) is 0 Å². The van der Waals surface area contributed by atoms with E-state index in [-0.39, 0.29) is 11.8 Å². The SMILES string of the molecule is C[C@H]1CNC(=O)[C@]1(C)N. The fourth-order valence-electron chi connectivity index (χ4n) is 0.872. The van der Waals surface area contributed by atoms with Crippen molar-refractivity contribution in [2.45, 2.75) is 19.4 Å². The van der Waals surface area contributed by atoms with Crippen molar-refractivity contribution in [3.8, 4) is 0 Å². The third-order valence-electron chi connectivity index (χ3n) is 2.08. The van der Waals surface area contributed by atoms with E-state index < -0.39 is 5.54 Å². The molecule has 0 spiro atoms. The lowest BCUT2D eigenvalue weighted by molar-refractivity contribution is -0.123. The van der Waals surface area contributed by atoms with Crippen LogP contribution in [0.15, 0.2) is 0 Å². The average Bonchev–Trinajstić information content (AvgIpc) is 1.96. The van der Waals surface area contributed by atoms with Gasteiger partial charge in [-0.25, -0.2) is 0 Å². The summed E-state index contributed by atoms with van der Waals surface area (Å²) < 4.78 is 0. The number of hydrogen-bond acceptors (Lipinski definition) is 2. The van der Waals surface area contributed by atoms with E-state index in [0.29, 0.717) is 6.54 Å². The second-order valence-corrected chi connectivity index (χ2v) is 2.89. The number of hydrogen-bond donors (Lipinski definition) is 2. The summed E-state index contributed by atoms with van der Waals surface area (Å²) in [5.41, 5.74) is 5.01. The molecule has 52 valence electrons. The largest absolute Gasteiger partial charge is 0.354 e. The van der Waals surface area contributed by atoms with E-state index in [1.165, 1.54) is 0 Å². The van der Waals surface area contributed by atoms with Crippen LogP contribution in [0.1, 0.15) is 13.8 Å². The van der Waals surface area contributed by atoms with Gasteiger partial charge in [0.15, 0.2) is 0 Å². The van der Waals surface area contributed by atoms with Gasteiger partial charge in [-0.05, 0) is 6.92 Å². The Bertz CT molecular complexity index is 142. The highest BCUT2D eigenvalue weighted by Gasteiger charge is 2.39. The molecule has 1 rings (SSSR count). The van der Waals surface area contributed by atoms with Crippen molar-refractivity contribution < 1.29 is 4.79 Å². The molecule has 0 radical (unpaired) electrons. The Hall–Kier alpha value is -0.570. The number of carbonyl (C=O) groups excluding carboxylic acids is 1. The van der Waals surface area contributed by atoms with Crippen LogP contribution in [0, 0.1) is 5.92 Å². The van der Waals surface area contributed by atoms with Crippen LogP contribution in [-0.4, -0.2) is 18.0 Å². The first kappa shape index (κ1) is 6.55. The Morgan fingerprint density at radius 2 is 2.44 bits per heavy atom. The molecule has 3 nitrogen and oxygen atoms in total. The highest BCUT2D eigenvalue weighted by Crippen LogP contribution is 2.18. The molecule has 0 aromatic carbocycles. The quantitative estimate of drug-likeness (QED) is 0.461. The molecule has 3 N–H and O–H groups in total. The van der Waals surface area contributed by atoms with Crippen LogP contribution in [0.3, 0.4) is 0 Å². The zero-order valence-corrected chi connectivity index (χ0v) is 5.77. The van der Waals surface area contributed by atoms with Gasteiger partial charge in [0, 0.05) is 12.5 Å². The van der Waals surface area contributed by atoms with Crippen LogP contribution in [-0.2, 0) is 4.79 Å². The zero-order valence-electron chi connectivity index (χ0n) is 5.77. The smallest absolute Gasteiger partial charge is 0.240 e. The predicted molar refractivity (Wildman–Crippen MR) is 34.8 cm³/mol. The number of amides is 1. The second kappa shape index (κ2) is 1.70. The molecule has 1 fully saturated rings. The van der Waals surface area contributed by atoms with E-state index in [1.54, 1.807) is 6.92 Å². The summed E-state index contributed by atoms with van der Waals surface area (Å²) >= 11 is 0. The van der Waals surface area contributed by atoms with Gasteiger partial charge in [0.05, 0.1) is 5.54 Å². The molecule has 1 aliphatic rings. The minimum Gasteiger partial charge on any atom is -0.354 e. The van der Waals surface area contributed by atoms with Gasteiger partial charge in [-0.15, -0.1) is 0 Å². The maximum atomic E-state index is 10.9. The molecule has 0 bridgehead atoms. The van der Waals surface area contributed by atoms with E-state index in [0.717, 1.165) is 0 Å². The number of nitrogens with two attached hydrogens (primary N) is 1. The minimum absolute atomic E-state index is 0.0324. The molecule has 1 aliphatic heterocycles. The molecule has 0 saturated carbocycles. The normalized spacial score (nSPS) is 43.0. The first-order valence-electron chi connectivity index (χ1n) is 3.12. The zero-order chi connectivity index (χ0) is 7.07. The Morgan fingerprint density at radius 3 is 2.56 bits per heavy atom. The van der Waals surface area contributed by atoms with Gasteiger partial charge >= 0.3 is 0 Å². The lowest BCUT2D eigenvalue weighted by Gasteiger charge is -2.18. The van der Waals surface area contributed by atoms with Gasteiger partial charge in [0.1, 0.15) is 0 Å². The van der Waals surface area contributed by atoms with Gasteiger partial charge in [-0.3, -0.25) is 4.79 Å². The van der Waals surface area contributed by atoms with Gasteiger partial charge in [-0.1, -0.05) is 6.92 Å². The maximum Gasteiger partial charge on any atom is 0.240 e. The van der Waals surface area contributed by atoms with Crippen LogP contribution in [0.25, 0.3) is 0 Å². The number of carbonyl (C=O) groups is 1. The molecule has 0 aromatic rings. The fraction of sp³-hybridized carbons (Fsp3) is 0.833. The third kappa shape index (κ3) is 0.812. The monoisotopic (exact) mass is 128 g/mol. The van der Waals surface area contributed by atoms with E-state index in [9.17, 15) is 4.79 Å². The van der Waals surface area contributed by atoms with Crippen molar-refractivity contribution in [1.82, 2.24) is 5.32 Å². The first-order valence-corrected chi connectivity index (χ1v) is 3.12. The summed E-state index contributed by atoms with van der Waals surface area (Å²) in [6.45, 7) is 4.45. The molecule has 0 unspecified atom stereocenters. The molecular weight excluding hydrogens is 116 g/mol. The van der Waals surface area contributed by atoms with Crippen molar-refractivity contribution >= 4 is 5.91 Å². The standard InChI is InChI=1S/C6H12N2O/c1-4-3-8-5(9)6(4,2)7/h4H,3,7H2,1-2H3,(H,8,9)/t4-,6+/m0/s1. The van der Waals surface area contributed by atoms with Gasteiger partial charge < -0.3 is 11.1 Å². The van der Waals surface area contributed by atoms with Crippen LogP contribution >= 0.6 is 0 Å². The van der Waals surface area contributed by atoms with Crippen molar-refractivity contribution in [3.63, 3.8) is 0 Å². The van der Waals surface area contributed by atoms with Crippen LogP contribution in [0.5, 0.6) is 0 Å². The molecule has 0 aromatic heterocycles. The molecule has 0 aliphatic carbocycles. The van der Waals surface area contributed by atoms with Gasteiger partial charge in [-0.2, -0.15) is 0 Å². The van der Waals surface area contributed by atoms with Crippen molar-refractivity contribution in [1.29, 1.82) is 0 Å². The average molecular weight is 128 g/mol.